The average molecular weight is 306 g/mol. The van der Waals surface area contributed by atoms with Crippen LogP contribution in [0.15, 0.2) is 36.4 Å². The molecule has 0 aliphatic heterocycles. The molecule has 0 aliphatic carbocycles. The number of hydrogen-bond donors (Lipinski definition) is 0. The smallest absolute Gasteiger partial charge is 0.419 e. The van der Waals surface area contributed by atoms with Crippen molar-refractivity contribution < 1.29 is 22.3 Å². The van der Waals surface area contributed by atoms with Gasteiger partial charge in [0, 0.05) is 0 Å². The molecule has 2 aromatic rings. The van der Waals surface area contributed by atoms with Gasteiger partial charge in [-0.1, -0.05) is 17.7 Å². The van der Waals surface area contributed by atoms with Gasteiger partial charge in [0.25, 0.3) is 0 Å². The summed E-state index contributed by atoms with van der Waals surface area (Å²) in [6.07, 6.45) is -4.77. The van der Waals surface area contributed by atoms with Crippen LogP contribution in [0.5, 0.6) is 5.75 Å². The standard InChI is InChI=1S/C13H8ClF4NO/c14-12-3-1-2-8(19-12)7-20-9-4-5-11(15)10(6-9)13(16,17)18/h1-6H,7H2. The fraction of sp³-hybridized carbons (Fsp3) is 0.154. The molecule has 20 heavy (non-hydrogen) atoms. The first-order chi connectivity index (χ1) is 9.36. The van der Waals surface area contributed by atoms with Crippen LogP contribution in [0, 0.1) is 5.82 Å². The molecule has 2 nitrogen and oxygen atoms in total. The van der Waals surface area contributed by atoms with E-state index in [1.165, 1.54) is 0 Å². The molecule has 0 N–H and O–H groups in total. The molecule has 0 radical (unpaired) electrons. The first kappa shape index (κ1) is 14.6. The quantitative estimate of drug-likeness (QED) is 0.616. The summed E-state index contributed by atoms with van der Waals surface area (Å²) in [5.41, 5.74) is -0.913. The van der Waals surface area contributed by atoms with Crippen molar-refractivity contribution in [2.24, 2.45) is 0 Å². The Morgan fingerprint density at radius 1 is 1.15 bits per heavy atom. The van der Waals surface area contributed by atoms with E-state index in [2.05, 4.69) is 4.98 Å². The fourth-order valence-electron chi connectivity index (χ4n) is 1.50. The predicted molar refractivity (Wildman–Crippen MR) is 65.0 cm³/mol. The van der Waals surface area contributed by atoms with Crippen LogP contribution in [0.4, 0.5) is 17.6 Å². The normalized spacial score (nSPS) is 11.4. The van der Waals surface area contributed by atoms with Crippen molar-refractivity contribution in [2.75, 3.05) is 0 Å². The summed E-state index contributed by atoms with van der Waals surface area (Å²) in [6.45, 7) is -0.0660. The van der Waals surface area contributed by atoms with Crippen molar-refractivity contribution in [1.29, 1.82) is 0 Å². The van der Waals surface area contributed by atoms with Gasteiger partial charge >= 0.3 is 6.18 Å². The summed E-state index contributed by atoms with van der Waals surface area (Å²) in [4.78, 5) is 3.92. The fourth-order valence-corrected chi connectivity index (χ4v) is 1.68. The highest BCUT2D eigenvalue weighted by Gasteiger charge is 2.34. The van der Waals surface area contributed by atoms with Crippen molar-refractivity contribution in [2.45, 2.75) is 12.8 Å². The van der Waals surface area contributed by atoms with Crippen molar-refractivity contribution in [3.8, 4) is 5.75 Å². The van der Waals surface area contributed by atoms with Crippen LogP contribution in [-0.4, -0.2) is 4.98 Å². The van der Waals surface area contributed by atoms with Crippen LogP contribution in [0.1, 0.15) is 11.3 Å². The van der Waals surface area contributed by atoms with E-state index in [0.717, 1.165) is 6.07 Å². The van der Waals surface area contributed by atoms with Gasteiger partial charge in [0.05, 0.1) is 11.3 Å². The van der Waals surface area contributed by atoms with E-state index >= 15 is 0 Å². The molecule has 1 heterocycles. The third-order valence-electron chi connectivity index (χ3n) is 2.40. The zero-order valence-electron chi connectivity index (χ0n) is 9.92. The Labute approximate surface area is 117 Å². The lowest BCUT2D eigenvalue weighted by Gasteiger charge is -2.11. The van der Waals surface area contributed by atoms with Gasteiger partial charge in [-0.15, -0.1) is 0 Å². The summed E-state index contributed by atoms with van der Waals surface area (Å²) in [6, 6.07) is 7.25. The largest absolute Gasteiger partial charge is 0.487 e. The summed E-state index contributed by atoms with van der Waals surface area (Å²) in [7, 11) is 0. The monoisotopic (exact) mass is 305 g/mol. The number of hydrogen-bond acceptors (Lipinski definition) is 2. The van der Waals surface area contributed by atoms with Crippen molar-refractivity contribution in [3.05, 3.63) is 58.6 Å². The number of halogens is 5. The predicted octanol–water partition coefficient (Wildman–Crippen LogP) is 4.47. The second-order valence-electron chi connectivity index (χ2n) is 3.88. The molecular weight excluding hydrogens is 298 g/mol. The number of aromatic nitrogens is 1. The molecular formula is C13H8ClF4NO. The molecule has 2 rings (SSSR count). The molecule has 0 aliphatic rings. The molecule has 1 aromatic heterocycles. The van der Waals surface area contributed by atoms with E-state index in [4.69, 9.17) is 16.3 Å². The Balaban J connectivity index is 2.14. The highest BCUT2D eigenvalue weighted by Crippen LogP contribution is 2.33. The van der Waals surface area contributed by atoms with Crippen LogP contribution in [0.3, 0.4) is 0 Å². The van der Waals surface area contributed by atoms with Crippen LogP contribution >= 0.6 is 11.6 Å². The van der Waals surface area contributed by atoms with E-state index in [9.17, 15) is 17.6 Å². The van der Waals surface area contributed by atoms with Crippen molar-refractivity contribution in [1.82, 2.24) is 4.98 Å². The first-order valence-electron chi connectivity index (χ1n) is 5.47. The molecule has 0 amide bonds. The van der Waals surface area contributed by atoms with E-state index in [-0.39, 0.29) is 17.5 Å². The summed E-state index contributed by atoms with van der Waals surface area (Å²) in [5, 5.41) is 0.251. The number of rotatable bonds is 3. The minimum atomic E-state index is -4.77. The second kappa shape index (κ2) is 5.66. The van der Waals surface area contributed by atoms with Crippen LogP contribution < -0.4 is 4.74 Å². The summed E-state index contributed by atoms with van der Waals surface area (Å²) >= 11 is 5.67. The highest BCUT2D eigenvalue weighted by molar-refractivity contribution is 6.29. The highest BCUT2D eigenvalue weighted by atomic mass is 35.5. The molecule has 0 saturated heterocycles. The zero-order valence-corrected chi connectivity index (χ0v) is 10.7. The molecule has 0 fully saturated rings. The van der Waals surface area contributed by atoms with Gasteiger partial charge in [0.2, 0.25) is 0 Å². The lowest BCUT2D eigenvalue weighted by molar-refractivity contribution is -0.140. The Bertz CT molecular complexity index is 616. The Morgan fingerprint density at radius 2 is 1.90 bits per heavy atom. The number of ether oxygens (including phenoxy) is 1. The molecule has 1 aromatic carbocycles. The minimum absolute atomic E-state index is 0.0660. The van der Waals surface area contributed by atoms with Gasteiger partial charge in [0.15, 0.2) is 0 Å². The molecule has 0 bridgehead atoms. The number of benzene rings is 1. The minimum Gasteiger partial charge on any atom is -0.487 e. The lowest BCUT2D eigenvalue weighted by Crippen LogP contribution is -2.08. The third kappa shape index (κ3) is 3.60. The van der Waals surface area contributed by atoms with Gasteiger partial charge in [-0.3, -0.25) is 0 Å². The number of pyridine rings is 1. The summed E-state index contributed by atoms with van der Waals surface area (Å²) in [5.74, 6) is -1.44. The Kier molecular flexibility index (Phi) is 4.13. The lowest BCUT2D eigenvalue weighted by atomic mass is 10.2. The molecule has 0 atom stereocenters. The third-order valence-corrected chi connectivity index (χ3v) is 2.61. The zero-order chi connectivity index (χ0) is 14.8. The Morgan fingerprint density at radius 3 is 2.55 bits per heavy atom. The average Bonchev–Trinajstić information content (AvgIpc) is 2.36. The Hall–Kier alpha value is -1.82. The summed E-state index contributed by atoms with van der Waals surface area (Å²) < 4.78 is 55.8. The van der Waals surface area contributed by atoms with E-state index in [1.807, 2.05) is 0 Å². The van der Waals surface area contributed by atoms with Gasteiger partial charge in [0.1, 0.15) is 23.3 Å². The van der Waals surface area contributed by atoms with E-state index < -0.39 is 17.6 Å². The van der Waals surface area contributed by atoms with E-state index in [1.54, 1.807) is 18.2 Å². The second-order valence-corrected chi connectivity index (χ2v) is 4.27. The molecule has 7 heteroatoms. The van der Waals surface area contributed by atoms with Gasteiger partial charge in [-0.2, -0.15) is 13.2 Å². The topological polar surface area (TPSA) is 22.1 Å². The maximum atomic E-state index is 13.1. The first-order valence-corrected chi connectivity index (χ1v) is 5.85. The molecule has 0 saturated carbocycles. The molecule has 0 spiro atoms. The maximum Gasteiger partial charge on any atom is 0.419 e. The molecule has 0 unspecified atom stereocenters. The van der Waals surface area contributed by atoms with Gasteiger partial charge < -0.3 is 4.74 Å². The van der Waals surface area contributed by atoms with Gasteiger partial charge in [-0.05, 0) is 30.3 Å². The number of nitrogens with zero attached hydrogens (tertiary/aromatic N) is 1. The molecule has 106 valence electrons. The number of alkyl halides is 3. The van der Waals surface area contributed by atoms with Crippen molar-refractivity contribution >= 4 is 11.6 Å². The van der Waals surface area contributed by atoms with Crippen LogP contribution in [0.2, 0.25) is 5.15 Å². The van der Waals surface area contributed by atoms with Crippen LogP contribution in [0.25, 0.3) is 0 Å². The maximum absolute atomic E-state index is 13.1. The van der Waals surface area contributed by atoms with Crippen molar-refractivity contribution in [3.63, 3.8) is 0 Å². The van der Waals surface area contributed by atoms with E-state index in [0.29, 0.717) is 17.8 Å². The SMILES string of the molecule is Fc1ccc(OCc2cccc(Cl)n2)cc1C(F)(F)F. The van der Waals surface area contributed by atoms with Gasteiger partial charge in [-0.25, -0.2) is 9.37 Å². The van der Waals surface area contributed by atoms with Crippen LogP contribution in [-0.2, 0) is 12.8 Å².